The van der Waals surface area contributed by atoms with Crippen molar-refractivity contribution in [2.24, 2.45) is 5.92 Å². The Morgan fingerprint density at radius 1 is 1.26 bits per heavy atom. The van der Waals surface area contributed by atoms with Crippen LogP contribution in [0.4, 0.5) is 0 Å². The molecule has 2 fully saturated rings. The molecular weight excluding hydrogens is 418 g/mol. The monoisotopic (exact) mass is 453 g/mol. The molecule has 9 heteroatoms. The second kappa shape index (κ2) is 9.85. The Hall–Kier alpha value is -1.68. The minimum Gasteiger partial charge on any atom is -0.495 e. The summed E-state index contributed by atoms with van der Waals surface area (Å²) in [4.78, 5) is 15.3. The van der Waals surface area contributed by atoms with Gasteiger partial charge < -0.3 is 14.8 Å². The van der Waals surface area contributed by atoms with Crippen molar-refractivity contribution in [3.63, 3.8) is 0 Å². The first-order valence-electron chi connectivity index (χ1n) is 10.9. The molecule has 3 rings (SSSR count). The summed E-state index contributed by atoms with van der Waals surface area (Å²) < 4.78 is 38.2. The minimum atomic E-state index is -3.79. The molecule has 174 valence electrons. The van der Waals surface area contributed by atoms with Crippen LogP contribution in [0.15, 0.2) is 23.1 Å². The number of methoxy groups -OCH3 is 1. The Morgan fingerprint density at radius 2 is 1.97 bits per heavy atom. The number of hydrogen-bond donors (Lipinski definition) is 1. The number of ether oxygens (including phenoxy) is 2. The zero-order valence-electron chi connectivity index (χ0n) is 19.0. The van der Waals surface area contributed by atoms with Crippen LogP contribution in [0.5, 0.6) is 5.75 Å². The molecule has 0 radical (unpaired) electrons. The van der Waals surface area contributed by atoms with Gasteiger partial charge in [0.25, 0.3) is 5.91 Å². The maximum absolute atomic E-state index is 13.1. The lowest BCUT2D eigenvalue weighted by Gasteiger charge is -2.43. The Morgan fingerprint density at radius 3 is 2.61 bits per heavy atom. The maximum atomic E-state index is 13.1. The molecule has 0 saturated carbocycles. The van der Waals surface area contributed by atoms with Gasteiger partial charge in [-0.15, -0.1) is 0 Å². The van der Waals surface area contributed by atoms with Gasteiger partial charge >= 0.3 is 0 Å². The highest BCUT2D eigenvalue weighted by Crippen LogP contribution is 2.29. The standard InChI is InChI=1S/C22H35N3O5S/c1-17-6-5-9-24(15-17)22(2,3)16-23-21(26)18-7-8-19(29-4)20(14-18)31(27,28)25-10-12-30-13-11-25/h7-8,14,17H,5-6,9-13,15-16H2,1-4H3,(H,23,26). The minimum absolute atomic E-state index is 0.00802. The molecule has 1 aromatic rings. The fourth-order valence-corrected chi connectivity index (χ4v) is 5.78. The summed E-state index contributed by atoms with van der Waals surface area (Å²) in [5, 5.41) is 3.00. The molecule has 0 bridgehead atoms. The Labute approximate surface area is 185 Å². The lowest BCUT2D eigenvalue weighted by atomic mass is 9.93. The van der Waals surface area contributed by atoms with Crippen molar-refractivity contribution < 1.29 is 22.7 Å². The second-order valence-electron chi connectivity index (χ2n) is 9.07. The highest BCUT2D eigenvalue weighted by Gasteiger charge is 2.32. The van der Waals surface area contributed by atoms with E-state index in [1.54, 1.807) is 12.1 Å². The van der Waals surface area contributed by atoms with Crippen molar-refractivity contribution in [1.29, 1.82) is 0 Å². The Balaban J connectivity index is 1.75. The van der Waals surface area contributed by atoms with Crippen molar-refractivity contribution in [2.45, 2.75) is 44.0 Å². The summed E-state index contributed by atoms with van der Waals surface area (Å²) in [5.74, 6) is 0.586. The molecule has 1 atom stereocenters. The van der Waals surface area contributed by atoms with Gasteiger partial charge in [-0.3, -0.25) is 9.69 Å². The van der Waals surface area contributed by atoms with Crippen LogP contribution in [0.2, 0.25) is 0 Å². The number of carbonyl (C=O) groups excluding carboxylic acids is 1. The average Bonchev–Trinajstić information content (AvgIpc) is 2.77. The SMILES string of the molecule is COc1ccc(C(=O)NCC(C)(C)N2CCCC(C)C2)cc1S(=O)(=O)N1CCOCC1. The lowest BCUT2D eigenvalue weighted by Crippen LogP contribution is -2.54. The number of rotatable bonds is 7. The molecule has 0 aromatic heterocycles. The quantitative estimate of drug-likeness (QED) is 0.679. The van der Waals surface area contributed by atoms with Gasteiger partial charge in [0.15, 0.2) is 0 Å². The molecule has 1 aromatic carbocycles. The third kappa shape index (κ3) is 5.58. The first kappa shape index (κ1) is 24.0. The van der Waals surface area contributed by atoms with Gasteiger partial charge in [0.05, 0.1) is 20.3 Å². The van der Waals surface area contributed by atoms with Gasteiger partial charge in [-0.1, -0.05) is 6.92 Å². The molecule has 0 aliphatic carbocycles. The Kier molecular flexibility index (Phi) is 7.62. The third-order valence-electron chi connectivity index (χ3n) is 6.21. The molecule has 1 unspecified atom stereocenters. The van der Waals surface area contributed by atoms with Gasteiger partial charge in [-0.2, -0.15) is 4.31 Å². The van der Waals surface area contributed by atoms with Crippen molar-refractivity contribution >= 4 is 15.9 Å². The summed E-state index contributed by atoms with van der Waals surface area (Å²) in [7, 11) is -2.36. The number of nitrogens with one attached hydrogen (secondary N) is 1. The van der Waals surface area contributed by atoms with Gasteiger partial charge in [-0.25, -0.2) is 8.42 Å². The van der Waals surface area contributed by atoms with Crippen LogP contribution in [0, 0.1) is 5.92 Å². The Bertz CT molecular complexity index is 881. The first-order chi connectivity index (χ1) is 14.6. The highest BCUT2D eigenvalue weighted by atomic mass is 32.2. The number of morpholine rings is 1. The van der Waals surface area contributed by atoms with E-state index in [1.165, 1.54) is 30.3 Å². The number of sulfonamides is 1. The molecule has 2 aliphatic rings. The van der Waals surface area contributed by atoms with Crippen LogP contribution in [0.3, 0.4) is 0 Å². The van der Waals surface area contributed by atoms with E-state index in [1.807, 2.05) is 0 Å². The molecule has 31 heavy (non-hydrogen) atoms. The summed E-state index contributed by atoms with van der Waals surface area (Å²) in [6.07, 6.45) is 2.41. The summed E-state index contributed by atoms with van der Waals surface area (Å²) in [6, 6.07) is 4.55. The smallest absolute Gasteiger partial charge is 0.251 e. The normalized spacial score (nSPS) is 21.6. The van der Waals surface area contributed by atoms with Crippen LogP contribution in [-0.2, 0) is 14.8 Å². The zero-order valence-corrected chi connectivity index (χ0v) is 19.8. The molecule has 1 amide bonds. The third-order valence-corrected chi connectivity index (χ3v) is 8.13. The van der Waals surface area contributed by atoms with Gasteiger partial charge in [-0.05, 0) is 57.4 Å². The van der Waals surface area contributed by atoms with E-state index in [4.69, 9.17) is 9.47 Å². The number of hydrogen-bond acceptors (Lipinski definition) is 6. The van der Waals surface area contributed by atoms with Crippen LogP contribution in [-0.4, -0.2) is 82.1 Å². The predicted molar refractivity (Wildman–Crippen MR) is 119 cm³/mol. The average molecular weight is 454 g/mol. The first-order valence-corrected chi connectivity index (χ1v) is 12.4. The number of benzene rings is 1. The summed E-state index contributed by atoms with van der Waals surface area (Å²) in [5.41, 5.74) is 0.120. The van der Waals surface area contributed by atoms with Crippen molar-refractivity contribution in [3.05, 3.63) is 23.8 Å². The van der Waals surface area contributed by atoms with E-state index in [2.05, 4.69) is 31.0 Å². The van der Waals surface area contributed by atoms with Crippen LogP contribution in [0.25, 0.3) is 0 Å². The van der Waals surface area contributed by atoms with Gasteiger partial charge in [0.2, 0.25) is 10.0 Å². The number of likely N-dealkylation sites (tertiary alicyclic amines) is 1. The van der Waals surface area contributed by atoms with Crippen molar-refractivity contribution in [3.8, 4) is 5.75 Å². The highest BCUT2D eigenvalue weighted by molar-refractivity contribution is 7.89. The summed E-state index contributed by atoms with van der Waals surface area (Å²) >= 11 is 0. The second-order valence-corrected chi connectivity index (χ2v) is 11.0. The number of piperidine rings is 1. The molecule has 0 spiro atoms. The number of carbonyl (C=O) groups is 1. The molecule has 1 N–H and O–H groups in total. The van der Waals surface area contributed by atoms with Gasteiger partial charge in [0.1, 0.15) is 10.6 Å². The number of amides is 1. The molecular formula is C22H35N3O5S. The predicted octanol–water partition coefficient (Wildman–Crippen LogP) is 1.96. The van der Waals surface area contributed by atoms with E-state index >= 15 is 0 Å². The van der Waals surface area contributed by atoms with Gasteiger partial charge in [0, 0.05) is 37.3 Å². The molecule has 2 heterocycles. The maximum Gasteiger partial charge on any atom is 0.251 e. The molecule has 2 aliphatic heterocycles. The van der Waals surface area contributed by atoms with E-state index in [9.17, 15) is 13.2 Å². The molecule has 2 saturated heterocycles. The fraction of sp³-hybridized carbons (Fsp3) is 0.682. The van der Waals surface area contributed by atoms with E-state index in [0.717, 1.165) is 13.1 Å². The topological polar surface area (TPSA) is 88.2 Å². The zero-order chi connectivity index (χ0) is 22.6. The van der Waals surface area contributed by atoms with Crippen molar-refractivity contribution in [2.75, 3.05) is 53.0 Å². The number of nitrogens with zero attached hydrogens (tertiary/aromatic N) is 2. The summed E-state index contributed by atoms with van der Waals surface area (Å²) in [6.45, 7) is 10.3. The van der Waals surface area contributed by atoms with Crippen LogP contribution in [0.1, 0.15) is 44.0 Å². The van der Waals surface area contributed by atoms with Crippen molar-refractivity contribution in [1.82, 2.24) is 14.5 Å². The van der Waals surface area contributed by atoms with Crippen LogP contribution < -0.4 is 10.1 Å². The van der Waals surface area contributed by atoms with Crippen LogP contribution >= 0.6 is 0 Å². The van der Waals surface area contributed by atoms with E-state index < -0.39 is 10.0 Å². The lowest BCUT2D eigenvalue weighted by molar-refractivity contribution is 0.0657. The van der Waals surface area contributed by atoms with E-state index in [0.29, 0.717) is 31.2 Å². The molecule has 8 nitrogen and oxygen atoms in total. The largest absolute Gasteiger partial charge is 0.495 e. The fourth-order valence-electron chi connectivity index (χ4n) is 4.20. The van der Waals surface area contributed by atoms with E-state index in [-0.39, 0.29) is 35.2 Å².